The maximum absolute atomic E-state index is 12.2. The molecule has 7 nitrogen and oxygen atoms in total. The van der Waals surface area contributed by atoms with E-state index in [1.807, 2.05) is 36.4 Å². The van der Waals surface area contributed by atoms with E-state index in [0.717, 1.165) is 29.9 Å². The van der Waals surface area contributed by atoms with Crippen LogP contribution in [0.4, 0.5) is 10.5 Å². The summed E-state index contributed by atoms with van der Waals surface area (Å²) in [5.41, 5.74) is 4.84. The molecule has 1 aliphatic heterocycles. The number of unbranched alkanes of at least 4 members (excludes halogenated alkanes) is 1. The largest absolute Gasteiger partial charge is 0.465 e. The number of carboxylic acid groups (broad SMARTS) is 1. The third kappa shape index (κ3) is 6.44. The summed E-state index contributed by atoms with van der Waals surface area (Å²) in [6.07, 6.45) is 4.40. The Labute approximate surface area is 182 Å². The van der Waals surface area contributed by atoms with E-state index in [1.165, 1.54) is 5.69 Å². The van der Waals surface area contributed by atoms with E-state index in [1.54, 1.807) is 12.1 Å². The fraction of sp³-hybridized carbons (Fsp3) is 0.292. The van der Waals surface area contributed by atoms with Gasteiger partial charge in [0.1, 0.15) is 0 Å². The summed E-state index contributed by atoms with van der Waals surface area (Å²) in [6, 6.07) is 15.7. The van der Waals surface area contributed by atoms with Gasteiger partial charge in [-0.1, -0.05) is 36.4 Å². The molecule has 2 aromatic rings. The first-order chi connectivity index (χ1) is 15.0. The monoisotopic (exact) mass is 420 g/mol. The van der Waals surface area contributed by atoms with Crippen molar-refractivity contribution in [3.63, 3.8) is 0 Å². The number of anilines is 1. The van der Waals surface area contributed by atoms with Crippen molar-refractivity contribution in [2.45, 2.75) is 12.8 Å². The highest BCUT2D eigenvalue weighted by atomic mass is 16.4. The number of allylic oxidation sites excluding steroid dienone is 1. The van der Waals surface area contributed by atoms with Crippen LogP contribution < -0.4 is 15.5 Å². The molecule has 0 unspecified atom stereocenters. The van der Waals surface area contributed by atoms with E-state index < -0.39 is 6.09 Å². The Hall–Kier alpha value is -3.61. The predicted octanol–water partition coefficient (Wildman–Crippen LogP) is 3.42. The number of likely N-dealkylation sites (N-methyl/N-ethyl adjacent to an activating group) is 1. The van der Waals surface area contributed by atoms with E-state index in [9.17, 15) is 9.59 Å². The van der Waals surface area contributed by atoms with Gasteiger partial charge in [-0.15, -0.1) is 0 Å². The molecule has 1 aliphatic rings. The summed E-state index contributed by atoms with van der Waals surface area (Å²) in [4.78, 5) is 29.6. The number of aliphatic imine (C=N–C) groups is 1. The highest BCUT2D eigenvalue weighted by Crippen LogP contribution is 2.23. The van der Waals surface area contributed by atoms with Gasteiger partial charge in [0.05, 0.1) is 12.3 Å². The molecule has 0 aliphatic carbocycles. The van der Waals surface area contributed by atoms with E-state index in [0.29, 0.717) is 31.5 Å². The molecule has 0 aromatic heterocycles. The molecule has 0 atom stereocenters. The number of hydrogen-bond donors (Lipinski definition) is 3. The average molecular weight is 421 g/mol. The number of benzodiazepines with no additional fused rings is 1. The zero-order valence-electron chi connectivity index (χ0n) is 17.7. The molecule has 0 fully saturated rings. The second kappa shape index (κ2) is 11.0. The van der Waals surface area contributed by atoms with Gasteiger partial charge >= 0.3 is 6.09 Å². The summed E-state index contributed by atoms with van der Waals surface area (Å²) in [5.74, 6) is -0.133. The molecule has 1 heterocycles. The quantitative estimate of drug-likeness (QED) is 0.571. The Bertz CT molecular complexity index is 967. The van der Waals surface area contributed by atoms with Crippen molar-refractivity contribution in [3.05, 3.63) is 71.3 Å². The van der Waals surface area contributed by atoms with Crippen molar-refractivity contribution in [2.24, 2.45) is 4.99 Å². The lowest BCUT2D eigenvalue weighted by Gasteiger charge is -2.18. The summed E-state index contributed by atoms with van der Waals surface area (Å²) in [5, 5.41) is 13.7. The molecule has 0 saturated carbocycles. The van der Waals surface area contributed by atoms with Gasteiger partial charge in [0, 0.05) is 43.5 Å². The number of carbonyl (C=O) groups is 2. The molecule has 0 bridgehead atoms. The molecule has 7 heteroatoms. The zero-order valence-corrected chi connectivity index (χ0v) is 17.7. The maximum atomic E-state index is 12.2. The highest BCUT2D eigenvalue weighted by Gasteiger charge is 2.13. The van der Waals surface area contributed by atoms with Gasteiger partial charge in [0.15, 0.2) is 0 Å². The van der Waals surface area contributed by atoms with Crippen LogP contribution in [0.5, 0.6) is 0 Å². The van der Waals surface area contributed by atoms with Crippen molar-refractivity contribution >= 4 is 29.5 Å². The molecule has 0 radical (unpaired) electrons. The fourth-order valence-electron chi connectivity index (χ4n) is 3.36. The minimum Gasteiger partial charge on any atom is -0.465 e. The van der Waals surface area contributed by atoms with E-state index in [2.05, 4.69) is 34.7 Å². The zero-order chi connectivity index (χ0) is 22.1. The van der Waals surface area contributed by atoms with E-state index >= 15 is 0 Å². The lowest BCUT2D eigenvalue weighted by atomic mass is 10.0. The SMILES string of the molecule is CN1CCN=C(/C=C/c2ccc(C(=O)NCCCCNC(=O)O)cc2)c2ccccc21. The summed E-state index contributed by atoms with van der Waals surface area (Å²) in [7, 11) is 2.08. The van der Waals surface area contributed by atoms with Crippen LogP contribution in [0.25, 0.3) is 6.08 Å². The second-order valence-corrected chi connectivity index (χ2v) is 7.36. The van der Waals surface area contributed by atoms with Crippen LogP contribution in [0.2, 0.25) is 0 Å². The van der Waals surface area contributed by atoms with Gasteiger partial charge in [-0.25, -0.2) is 4.79 Å². The molecule has 31 heavy (non-hydrogen) atoms. The molecule has 2 aromatic carbocycles. The first kappa shape index (κ1) is 22.1. The number of rotatable bonds is 8. The van der Waals surface area contributed by atoms with Gasteiger partial charge in [-0.05, 0) is 42.7 Å². The summed E-state index contributed by atoms with van der Waals surface area (Å²) >= 11 is 0. The van der Waals surface area contributed by atoms with Crippen molar-refractivity contribution in [3.8, 4) is 0 Å². The number of para-hydroxylation sites is 1. The first-order valence-electron chi connectivity index (χ1n) is 10.4. The van der Waals surface area contributed by atoms with Crippen molar-refractivity contribution < 1.29 is 14.7 Å². The topological polar surface area (TPSA) is 94.0 Å². The van der Waals surface area contributed by atoms with Crippen LogP contribution >= 0.6 is 0 Å². The minimum absolute atomic E-state index is 0.133. The van der Waals surface area contributed by atoms with Gasteiger partial charge in [-0.2, -0.15) is 0 Å². The minimum atomic E-state index is -1.03. The van der Waals surface area contributed by atoms with Gasteiger partial charge in [-0.3, -0.25) is 9.79 Å². The molecular formula is C24H28N4O3. The molecule has 3 N–H and O–H groups in total. The number of benzene rings is 2. The van der Waals surface area contributed by atoms with Crippen LogP contribution in [-0.2, 0) is 0 Å². The van der Waals surface area contributed by atoms with Crippen LogP contribution in [0.1, 0.15) is 34.3 Å². The van der Waals surface area contributed by atoms with Crippen molar-refractivity contribution in [1.29, 1.82) is 0 Å². The average Bonchev–Trinajstić information content (AvgIpc) is 2.93. The number of fused-ring (bicyclic) bond motifs is 1. The van der Waals surface area contributed by atoms with E-state index in [4.69, 9.17) is 10.1 Å². The maximum Gasteiger partial charge on any atom is 0.404 e. The Morgan fingerprint density at radius 2 is 1.74 bits per heavy atom. The summed E-state index contributed by atoms with van der Waals surface area (Å²) < 4.78 is 0. The Morgan fingerprint density at radius 1 is 1.03 bits per heavy atom. The third-order valence-corrected chi connectivity index (χ3v) is 5.08. The molecule has 0 saturated heterocycles. The molecular weight excluding hydrogens is 392 g/mol. The van der Waals surface area contributed by atoms with Crippen LogP contribution in [0.3, 0.4) is 0 Å². The lowest BCUT2D eigenvalue weighted by molar-refractivity contribution is 0.0952. The van der Waals surface area contributed by atoms with Gasteiger partial charge < -0.3 is 20.6 Å². The molecule has 162 valence electrons. The predicted molar refractivity (Wildman–Crippen MR) is 124 cm³/mol. The standard InChI is InChI=1S/C24H28N4O3/c1-28-17-16-25-21(20-6-2-3-7-22(20)28)13-10-18-8-11-19(12-9-18)23(29)26-14-4-5-15-27-24(30)31/h2-3,6-13,27H,4-5,14-17H2,1H3,(H,26,29)(H,30,31)/b13-10+. The van der Waals surface area contributed by atoms with Crippen molar-refractivity contribution in [2.75, 3.05) is 38.1 Å². The highest BCUT2D eigenvalue weighted by molar-refractivity contribution is 6.14. The smallest absolute Gasteiger partial charge is 0.404 e. The van der Waals surface area contributed by atoms with Crippen LogP contribution in [-0.4, -0.2) is 56.0 Å². The van der Waals surface area contributed by atoms with Crippen LogP contribution in [0, 0.1) is 0 Å². The number of carbonyl (C=O) groups excluding carboxylic acids is 1. The Balaban J connectivity index is 1.55. The lowest BCUT2D eigenvalue weighted by Crippen LogP contribution is -2.26. The van der Waals surface area contributed by atoms with Gasteiger partial charge in [0.25, 0.3) is 5.91 Å². The fourth-order valence-corrected chi connectivity index (χ4v) is 3.36. The van der Waals surface area contributed by atoms with Gasteiger partial charge in [0.2, 0.25) is 0 Å². The number of nitrogens with zero attached hydrogens (tertiary/aromatic N) is 2. The van der Waals surface area contributed by atoms with Crippen molar-refractivity contribution in [1.82, 2.24) is 10.6 Å². The number of hydrogen-bond acceptors (Lipinski definition) is 4. The number of amides is 2. The first-order valence-corrected chi connectivity index (χ1v) is 10.4. The normalized spacial score (nSPS) is 13.3. The molecule has 3 rings (SSSR count). The third-order valence-electron chi connectivity index (χ3n) is 5.08. The van der Waals surface area contributed by atoms with Crippen LogP contribution in [0.15, 0.2) is 59.6 Å². The Morgan fingerprint density at radius 3 is 2.48 bits per heavy atom. The Kier molecular flexibility index (Phi) is 7.81. The summed E-state index contributed by atoms with van der Waals surface area (Å²) in [6.45, 7) is 2.53. The van der Waals surface area contributed by atoms with E-state index in [-0.39, 0.29) is 5.91 Å². The molecule has 0 spiro atoms. The second-order valence-electron chi connectivity index (χ2n) is 7.36. The number of nitrogens with one attached hydrogen (secondary N) is 2. The molecule has 2 amide bonds.